The largest absolute Gasteiger partial charge is 0.352 e. The Bertz CT molecular complexity index is 1110. The normalized spacial score (nSPS) is 16.7. The average molecular weight is 444 g/mol. The van der Waals surface area contributed by atoms with Crippen molar-refractivity contribution in [2.45, 2.75) is 52.2 Å². The van der Waals surface area contributed by atoms with Gasteiger partial charge in [0.25, 0.3) is 0 Å². The topological polar surface area (TPSA) is 114 Å². The fourth-order valence-electron chi connectivity index (χ4n) is 3.59. The number of fused-ring (bicyclic) bond motifs is 1. The third kappa shape index (κ3) is 4.84. The van der Waals surface area contributed by atoms with Crippen LogP contribution in [0.3, 0.4) is 0 Å². The first kappa shape index (κ1) is 21.2. The molecular weight excluding hydrogens is 418 g/mol. The smallest absolute Gasteiger partial charge is 0.227 e. The Balaban J connectivity index is 1.74. The van der Waals surface area contributed by atoms with E-state index >= 15 is 0 Å². The number of nitrogens with zero attached hydrogens (tertiary/aromatic N) is 7. The van der Waals surface area contributed by atoms with Gasteiger partial charge in [-0.3, -0.25) is 9.78 Å². The van der Waals surface area contributed by atoms with E-state index < -0.39 is 0 Å². The van der Waals surface area contributed by atoms with E-state index in [9.17, 15) is 4.79 Å². The Hall–Kier alpha value is -3.01. The molecule has 3 aromatic rings. The second-order valence-corrected chi connectivity index (χ2v) is 9.14. The first-order valence-electron chi connectivity index (χ1n) is 10.2. The SMILES string of the molecule is CC(=O)N[C@H]1CCN(c2nc(NC(C)(C)C)nc3c2nnn3Cc2ncccc2Cl)C1. The van der Waals surface area contributed by atoms with Crippen LogP contribution in [0.5, 0.6) is 0 Å². The van der Waals surface area contributed by atoms with Crippen LogP contribution in [0.15, 0.2) is 18.3 Å². The van der Waals surface area contributed by atoms with E-state index in [-0.39, 0.29) is 17.5 Å². The summed E-state index contributed by atoms with van der Waals surface area (Å²) in [5, 5.41) is 15.6. The summed E-state index contributed by atoms with van der Waals surface area (Å²) in [4.78, 5) is 27.4. The van der Waals surface area contributed by atoms with E-state index in [4.69, 9.17) is 21.6 Å². The predicted octanol–water partition coefficient (Wildman–Crippen LogP) is 2.24. The molecule has 2 N–H and O–H groups in total. The van der Waals surface area contributed by atoms with Gasteiger partial charge >= 0.3 is 0 Å². The predicted molar refractivity (Wildman–Crippen MR) is 119 cm³/mol. The lowest BCUT2D eigenvalue weighted by Crippen LogP contribution is -2.36. The van der Waals surface area contributed by atoms with Crippen LogP contribution in [0.2, 0.25) is 5.02 Å². The molecule has 1 fully saturated rings. The Morgan fingerprint density at radius 1 is 1.32 bits per heavy atom. The zero-order chi connectivity index (χ0) is 22.2. The second-order valence-electron chi connectivity index (χ2n) is 8.73. The average Bonchev–Trinajstić information content (AvgIpc) is 3.29. The summed E-state index contributed by atoms with van der Waals surface area (Å²) in [5.74, 6) is 1.16. The lowest BCUT2D eigenvalue weighted by atomic mass is 10.1. The molecule has 1 amide bonds. The highest BCUT2D eigenvalue weighted by atomic mass is 35.5. The van der Waals surface area contributed by atoms with Gasteiger partial charge in [0.1, 0.15) is 0 Å². The van der Waals surface area contributed by atoms with Crippen molar-refractivity contribution in [2.24, 2.45) is 0 Å². The van der Waals surface area contributed by atoms with Crippen LogP contribution in [-0.2, 0) is 11.3 Å². The highest BCUT2D eigenvalue weighted by Gasteiger charge is 2.28. The minimum Gasteiger partial charge on any atom is -0.352 e. The van der Waals surface area contributed by atoms with Crippen molar-refractivity contribution in [3.8, 4) is 0 Å². The molecule has 0 radical (unpaired) electrons. The molecule has 0 aliphatic carbocycles. The van der Waals surface area contributed by atoms with E-state index in [0.717, 1.165) is 13.0 Å². The third-order valence-corrected chi connectivity index (χ3v) is 5.20. The lowest BCUT2D eigenvalue weighted by molar-refractivity contribution is -0.119. The second kappa shape index (κ2) is 8.26. The molecule has 1 saturated heterocycles. The highest BCUT2D eigenvalue weighted by molar-refractivity contribution is 6.31. The molecule has 0 unspecified atom stereocenters. The summed E-state index contributed by atoms with van der Waals surface area (Å²) < 4.78 is 1.68. The number of carbonyl (C=O) groups is 1. The number of hydrogen-bond donors (Lipinski definition) is 2. The van der Waals surface area contributed by atoms with Crippen LogP contribution in [-0.4, -0.2) is 60.5 Å². The molecule has 1 aliphatic rings. The summed E-state index contributed by atoms with van der Waals surface area (Å²) in [7, 11) is 0. The van der Waals surface area contributed by atoms with Gasteiger partial charge in [0, 0.05) is 37.8 Å². The zero-order valence-electron chi connectivity index (χ0n) is 18.1. The Morgan fingerprint density at radius 3 is 2.84 bits per heavy atom. The van der Waals surface area contributed by atoms with Crippen molar-refractivity contribution in [3.05, 3.63) is 29.0 Å². The van der Waals surface area contributed by atoms with E-state index in [1.807, 2.05) is 20.8 Å². The number of pyridine rings is 1. The first-order valence-corrected chi connectivity index (χ1v) is 10.6. The lowest BCUT2D eigenvalue weighted by Gasteiger charge is -2.23. The molecule has 10 nitrogen and oxygen atoms in total. The van der Waals surface area contributed by atoms with Gasteiger partial charge in [0.2, 0.25) is 11.9 Å². The van der Waals surface area contributed by atoms with Crippen molar-refractivity contribution in [2.75, 3.05) is 23.3 Å². The molecule has 0 spiro atoms. The van der Waals surface area contributed by atoms with Gasteiger partial charge in [-0.2, -0.15) is 9.97 Å². The molecule has 0 saturated carbocycles. The summed E-state index contributed by atoms with van der Waals surface area (Å²) in [6.07, 6.45) is 2.53. The van der Waals surface area contributed by atoms with Gasteiger partial charge in [0.05, 0.1) is 17.3 Å². The molecule has 0 bridgehead atoms. The van der Waals surface area contributed by atoms with Gasteiger partial charge in [-0.25, -0.2) is 4.68 Å². The van der Waals surface area contributed by atoms with Gasteiger partial charge in [0.15, 0.2) is 17.0 Å². The van der Waals surface area contributed by atoms with Gasteiger partial charge in [-0.1, -0.05) is 16.8 Å². The number of nitrogens with one attached hydrogen (secondary N) is 2. The zero-order valence-corrected chi connectivity index (χ0v) is 18.8. The number of aromatic nitrogens is 6. The minimum absolute atomic E-state index is 0.0343. The molecule has 4 rings (SSSR count). The molecule has 3 aromatic heterocycles. The fraction of sp³-hybridized carbons (Fsp3) is 0.500. The van der Waals surface area contributed by atoms with Crippen molar-refractivity contribution >= 4 is 40.4 Å². The molecule has 31 heavy (non-hydrogen) atoms. The molecule has 1 atom stereocenters. The molecule has 164 valence electrons. The first-order chi connectivity index (χ1) is 14.7. The number of anilines is 2. The minimum atomic E-state index is -0.225. The summed E-state index contributed by atoms with van der Waals surface area (Å²) >= 11 is 6.29. The van der Waals surface area contributed by atoms with Gasteiger partial charge in [-0.15, -0.1) is 5.10 Å². The monoisotopic (exact) mass is 443 g/mol. The van der Waals surface area contributed by atoms with E-state index in [0.29, 0.717) is 46.7 Å². The van der Waals surface area contributed by atoms with Crippen LogP contribution in [0.4, 0.5) is 11.8 Å². The van der Waals surface area contributed by atoms with Crippen molar-refractivity contribution in [1.29, 1.82) is 0 Å². The quantitative estimate of drug-likeness (QED) is 0.617. The molecular formula is C20H26ClN9O. The third-order valence-electron chi connectivity index (χ3n) is 4.86. The number of amides is 1. The van der Waals surface area contributed by atoms with Crippen molar-refractivity contribution in [1.82, 2.24) is 35.3 Å². The maximum atomic E-state index is 11.5. The Kier molecular flexibility index (Phi) is 5.65. The van der Waals surface area contributed by atoms with Crippen LogP contribution >= 0.6 is 11.6 Å². The van der Waals surface area contributed by atoms with Crippen LogP contribution in [0.1, 0.15) is 39.8 Å². The Morgan fingerprint density at radius 2 is 2.13 bits per heavy atom. The number of rotatable bonds is 5. The number of carbonyl (C=O) groups excluding carboxylic acids is 1. The van der Waals surface area contributed by atoms with E-state index in [2.05, 4.69) is 30.8 Å². The molecule has 0 aromatic carbocycles. The van der Waals surface area contributed by atoms with Gasteiger partial charge in [-0.05, 0) is 39.3 Å². The number of halogens is 1. The standard InChI is InChI=1S/C20H26ClN9O/c1-12(31)23-13-7-9-29(10-13)17-16-18(25-19(24-17)26-20(2,3)4)30(28-27-16)11-15-14(21)6-5-8-22-15/h5-6,8,13H,7,9-11H2,1-4H3,(H,23,31)(H,24,25,26)/t13-/m0/s1. The van der Waals surface area contributed by atoms with Crippen molar-refractivity contribution < 1.29 is 4.79 Å². The summed E-state index contributed by atoms with van der Waals surface area (Å²) in [6, 6.07) is 3.65. The maximum Gasteiger partial charge on any atom is 0.227 e. The van der Waals surface area contributed by atoms with Crippen LogP contribution in [0.25, 0.3) is 11.2 Å². The Labute approximate surface area is 185 Å². The van der Waals surface area contributed by atoms with Gasteiger partial charge < -0.3 is 15.5 Å². The number of hydrogen-bond acceptors (Lipinski definition) is 8. The van der Waals surface area contributed by atoms with E-state index in [1.54, 1.807) is 23.0 Å². The summed E-state index contributed by atoms with van der Waals surface area (Å²) in [5.41, 5.74) is 1.67. The molecule has 4 heterocycles. The molecule has 1 aliphatic heterocycles. The van der Waals surface area contributed by atoms with Crippen LogP contribution < -0.4 is 15.5 Å². The van der Waals surface area contributed by atoms with Crippen molar-refractivity contribution in [3.63, 3.8) is 0 Å². The van der Waals surface area contributed by atoms with Crippen LogP contribution in [0, 0.1) is 0 Å². The van der Waals surface area contributed by atoms with E-state index in [1.165, 1.54) is 6.92 Å². The summed E-state index contributed by atoms with van der Waals surface area (Å²) in [6.45, 7) is 9.43. The molecule has 11 heteroatoms. The maximum absolute atomic E-state index is 11.5. The fourth-order valence-corrected chi connectivity index (χ4v) is 3.78. The highest BCUT2D eigenvalue weighted by Crippen LogP contribution is 2.28.